The molecule has 4 heteroatoms. The standard InChI is InChI=1S/C15H23N3O/c1-18(2)11-5-9-17-15(19)14-13-7-4-3-6-12(13)8-10-16-14/h3-4,6-7,14,16H,5,8-11H2,1-2H3,(H,17,19). The number of rotatable bonds is 5. The molecule has 0 bridgehead atoms. The first kappa shape index (κ1) is 14.0. The molecule has 0 saturated carbocycles. The third-order valence-electron chi connectivity index (χ3n) is 3.45. The minimum atomic E-state index is -0.190. The van der Waals surface area contributed by atoms with Gasteiger partial charge in [0, 0.05) is 13.1 Å². The predicted octanol–water partition coefficient (Wildman–Crippen LogP) is 0.941. The second-order valence-electron chi connectivity index (χ2n) is 5.28. The van der Waals surface area contributed by atoms with Crippen LogP contribution < -0.4 is 10.6 Å². The molecule has 0 aliphatic carbocycles. The van der Waals surface area contributed by atoms with Gasteiger partial charge in [0.25, 0.3) is 0 Å². The van der Waals surface area contributed by atoms with Crippen molar-refractivity contribution >= 4 is 5.91 Å². The van der Waals surface area contributed by atoms with E-state index in [0.717, 1.165) is 38.0 Å². The second kappa shape index (κ2) is 6.68. The average Bonchev–Trinajstić information content (AvgIpc) is 2.42. The van der Waals surface area contributed by atoms with Crippen LogP contribution in [0.1, 0.15) is 23.6 Å². The van der Waals surface area contributed by atoms with Gasteiger partial charge in [-0.2, -0.15) is 0 Å². The zero-order chi connectivity index (χ0) is 13.7. The van der Waals surface area contributed by atoms with Crippen LogP contribution in [-0.2, 0) is 11.2 Å². The molecular weight excluding hydrogens is 238 g/mol. The molecular formula is C15H23N3O. The zero-order valence-electron chi connectivity index (χ0n) is 11.8. The fraction of sp³-hybridized carbons (Fsp3) is 0.533. The van der Waals surface area contributed by atoms with E-state index in [1.807, 2.05) is 32.3 Å². The van der Waals surface area contributed by atoms with E-state index in [1.54, 1.807) is 0 Å². The van der Waals surface area contributed by atoms with Crippen LogP contribution in [0.15, 0.2) is 24.3 Å². The van der Waals surface area contributed by atoms with Crippen LogP contribution in [0, 0.1) is 0 Å². The summed E-state index contributed by atoms with van der Waals surface area (Å²) in [5.74, 6) is 0.0888. The van der Waals surface area contributed by atoms with Gasteiger partial charge in [0.1, 0.15) is 6.04 Å². The molecule has 0 spiro atoms. The van der Waals surface area contributed by atoms with Crippen molar-refractivity contribution in [3.63, 3.8) is 0 Å². The minimum Gasteiger partial charge on any atom is -0.354 e. The summed E-state index contributed by atoms with van der Waals surface area (Å²) in [7, 11) is 4.08. The lowest BCUT2D eigenvalue weighted by Crippen LogP contribution is -2.42. The van der Waals surface area contributed by atoms with Gasteiger partial charge in [-0.15, -0.1) is 0 Å². The fourth-order valence-corrected chi connectivity index (χ4v) is 2.45. The minimum absolute atomic E-state index is 0.0888. The van der Waals surface area contributed by atoms with Crippen molar-refractivity contribution in [1.29, 1.82) is 0 Å². The Bertz CT molecular complexity index is 431. The lowest BCUT2D eigenvalue weighted by molar-refractivity contribution is -0.123. The van der Waals surface area contributed by atoms with Crippen molar-refractivity contribution in [3.05, 3.63) is 35.4 Å². The molecule has 1 aliphatic heterocycles. The van der Waals surface area contributed by atoms with E-state index in [-0.39, 0.29) is 11.9 Å². The summed E-state index contributed by atoms with van der Waals surface area (Å²) in [6.07, 6.45) is 1.98. The lowest BCUT2D eigenvalue weighted by atomic mass is 9.94. The number of amides is 1. The Morgan fingerprint density at radius 3 is 3.00 bits per heavy atom. The van der Waals surface area contributed by atoms with Crippen molar-refractivity contribution in [1.82, 2.24) is 15.5 Å². The summed E-state index contributed by atoms with van der Waals surface area (Å²) in [6.45, 7) is 2.60. The Morgan fingerprint density at radius 2 is 2.21 bits per heavy atom. The molecule has 2 N–H and O–H groups in total. The van der Waals surface area contributed by atoms with E-state index in [9.17, 15) is 4.79 Å². The van der Waals surface area contributed by atoms with E-state index in [0.29, 0.717) is 0 Å². The van der Waals surface area contributed by atoms with Gasteiger partial charge < -0.3 is 15.5 Å². The summed E-state index contributed by atoms with van der Waals surface area (Å²) in [6, 6.07) is 8.01. The Balaban J connectivity index is 1.90. The lowest BCUT2D eigenvalue weighted by Gasteiger charge is -2.26. The number of nitrogens with zero attached hydrogens (tertiary/aromatic N) is 1. The molecule has 1 aromatic carbocycles. The number of benzene rings is 1. The quantitative estimate of drug-likeness (QED) is 0.775. The Morgan fingerprint density at radius 1 is 1.42 bits per heavy atom. The van der Waals surface area contributed by atoms with Crippen molar-refractivity contribution in [3.8, 4) is 0 Å². The summed E-state index contributed by atoms with van der Waals surface area (Å²) in [5, 5.41) is 6.32. The first-order valence-electron chi connectivity index (χ1n) is 6.92. The van der Waals surface area contributed by atoms with Crippen LogP contribution in [0.25, 0.3) is 0 Å². The molecule has 0 aromatic heterocycles. The number of nitrogens with one attached hydrogen (secondary N) is 2. The van der Waals surface area contributed by atoms with Crippen LogP contribution in [0.4, 0.5) is 0 Å². The highest BCUT2D eigenvalue weighted by Crippen LogP contribution is 2.22. The maximum absolute atomic E-state index is 12.2. The van der Waals surface area contributed by atoms with Gasteiger partial charge >= 0.3 is 0 Å². The van der Waals surface area contributed by atoms with Gasteiger partial charge in [0.15, 0.2) is 0 Å². The molecule has 1 heterocycles. The molecule has 4 nitrogen and oxygen atoms in total. The van der Waals surface area contributed by atoms with Gasteiger partial charge in [0.05, 0.1) is 0 Å². The topological polar surface area (TPSA) is 44.4 Å². The van der Waals surface area contributed by atoms with Gasteiger partial charge in [-0.1, -0.05) is 24.3 Å². The molecule has 1 aliphatic rings. The monoisotopic (exact) mass is 261 g/mol. The van der Waals surface area contributed by atoms with E-state index < -0.39 is 0 Å². The summed E-state index contributed by atoms with van der Waals surface area (Å²) >= 11 is 0. The third-order valence-corrected chi connectivity index (χ3v) is 3.45. The van der Waals surface area contributed by atoms with E-state index in [4.69, 9.17) is 0 Å². The average molecular weight is 261 g/mol. The molecule has 2 rings (SSSR count). The van der Waals surface area contributed by atoms with Crippen LogP contribution >= 0.6 is 0 Å². The summed E-state index contributed by atoms with van der Waals surface area (Å²) in [4.78, 5) is 14.3. The van der Waals surface area contributed by atoms with Gasteiger partial charge in [-0.05, 0) is 44.6 Å². The molecule has 1 unspecified atom stereocenters. The molecule has 0 fully saturated rings. The van der Waals surface area contributed by atoms with Gasteiger partial charge in [0.2, 0.25) is 5.91 Å². The normalized spacial score (nSPS) is 18.2. The smallest absolute Gasteiger partial charge is 0.241 e. The van der Waals surface area contributed by atoms with E-state index >= 15 is 0 Å². The maximum Gasteiger partial charge on any atom is 0.241 e. The number of hydrogen-bond acceptors (Lipinski definition) is 3. The second-order valence-corrected chi connectivity index (χ2v) is 5.28. The molecule has 1 amide bonds. The Hall–Kier alpha value is -1.39. The van der Waals surface area contributed by atoms with Gasteiger partial charge in [-0.3, -0.25) is 4.79 Å². The molecule has 0 radical (unpaired) electrons. The molecule has 104 valence electrons. The predicted molar refractivity (Wildman–Crippen MR) is 77.1 cm³/mol. The van der Waals surface area contributed by atoms with Crippen molar-refractivity contribution in [2.45, 2.75) is 18.9 Å². The largest absolute Gasteiger partial charge is 0.354 e. The van der Waals surface area contributed by atoms with E-state index in [2.05, 4.69) is 21.6 Å². The van der Waals surface area contributed by atoms with E-state index in [1.165, 1.54) is 5.56 Å². The van der Waals surface area contributed by atoms with Crippen LogP contribution in [0.5, 0.6) is 0 Å². The SMILES string of the molecule is CN(C)CCCNC(=O)C1NCCc2ccccc21. The molecule has 0 saturated heterocycles. The van der Waals surface area contributed by atoms with Crippen LogP contribution in [-0.4, -0.2) is 44.5 Å². The fourth-order valence-electron chi connectivity index (χ4n) is 2.45. The summed E-state index contributed by atoms with van der Waals surface area (Å²) in [5.41, 5.74) is 2.41. The first-order valence-corrected chi connectivity index (χ1v) is 6.92. The number of hydrogen-bond donors (Lipinski definition) is 2. The Labute approximate surface area is 115 Å². The highest BCUT2D eigenvalue weighted by molar-refractivity contribution is 5.83. The third kappa shape index (κ3) is 3.78. The van der Waals surface area contributed by atoms with Gasteiger partial charge in [-0.25, -0.2) is 0 Å². The van der Waals surface area contributed by atoms with Crippen molar-refractivity contribution in [2.24, 2.45) is 0 Å². The highest BCUT2D eigenvalue weighted by atomic mass is 16.2. The maximum atomic E-state index is 12.2. The van der Waals surface area contributed by atoms with Crippen LogP contribution in [0.3, 0.4) is 0 Å². The zero-order valence-corrected chi connectivity index (χ0v) is 11.8. The Kier molecular flexibility index (Phi) is 4.93. The number of carbonyl (C=O) groups is 1. The number of fused-ring (bicyclic) bond motifs is 1. The molecule has 1 atom stereocenters. The summed E-state index contributed by atoms with van der Waals surface area (Å²) < 4.78 is 0. The van der Waals surface area contributed by atoms with Crippen molar-refractivity contribution in [2.75, 3.05) is 33.7 Å². The van der Waals surface area contributed by atoms with Crippen LogP contribution in [0.2, 0.25) is 0 Å². The molecule has 19 heavy (non-hydrogen) atoms. The number of carbonyl (C=O) groups excluding carboxylic acids is 1. The highest BCUT2D eigenvalue weighted by Gasteiger charge is 2.25. The first-order chi connectivity index (χ1) is 9.18. The molecule has 1 aromatic rings. The van der Waals surface area contributed by atoms with Crippen molar-refractivity contribution < 1.29 is 4.79 Å².